The molecule has 4 unspecified atom stereocenters. The lowest BCUT2D eigenvalue weighted by atomic mass is 10.0. The number of isocyanates is 2. The first-order valence-corrected chi connectivity index (χ1v) is 6.18. The number of hydrogen-bond acceptors (Lipinski definition) is 7. The van der Waals surface area contributed by atoms with Crippen LogP contribution in [0.3, 0.4) is 0 Å². The van der Waals surface area contributed by atoms with E-state index in [0.29, 0.717) is 0 Å². The van der Waals surface area contributed by atoms with Gasteiger partial charge in [0.2, 0.25) is 12.2 Å². The van der Waals surface area contributed by atoms with Gasteiger partial charge < -0.3 is 0 Å². The van der Waals surface area contributed by atoms with Gasteiger partial charge in [-0.1, -0.05) is 13.8 Å². The van der Waals surface area contributed by atoms with Crippen LogP contribution in [0.1, 0.15) is 13.8 Å². The summed E-state index contributed by atoms with van der Waals surface area (Å²) in [4.78, 5) is 27.8. The highest BCUT2D eigenvalue weighted by Crippen LogP contribution is 2.23. The summed E-state index contributed by atoms with van der Waals surface area (Å²) in [5.74, 6) is 0. The first-order chi connectivity index (χ1) is 7.45. The molecule has 0 aromatic rings. The Bertz CT molecular complexity index is 280. The molecule has 0 rings (SSSR count). The molecule has 16 heavy (non-hydrogen) atoms. The fraction of sp³-hybridized carbons (Fsp3) is 0.778. The third-order valence-electron chi connectivity index (χ3n) is 2.09. The van der Waals surface area contributed by atoms with Crippen molar-refractivity contribution in [3.63, 3.8) is 0 Å². The van der Waals surface area contributed by atoms with Crippen molar-refractivity contribution in [3.05, 3.63) is 0 Å². The lowest BCUT2D eigenvalue weighted by molar-refractivity contribution is 0.513. The van der Waals surface area contributed by atoms with Crippen LogP contribution in [0, 0.1) is 0 Å². The Balaban J connectivity index is 5.00. The fourth-order valence-corrected chi connectivity index (χ4v) is 2.69. The third-order valence-corrected chi connectivity index (χ3v) is 3.31. The minimum Gasteiger partial charge on any atom is -0.211 e. The summed E-state index contributed by atoms with van der Waals surface area (Å²) in [7, 11) is 0. The standard InChI is InChI=1S/C9H14N2O2S3/c1-5(14)7(10-3-12)9(16)8(6(2)15)11-4-13/h5-9,14-16H,1-2H3. The van der Waals surface area contributed by atoms with Gasteiger partial charge in [-0.3, -0.25) is 0 Å². The van der Waals surface area contributed by atoms with Gasteiger partial charge in [0.1, 0.15) is 0 Å². The molecule has 0 heterocycles. The van der Waals surface area contributed by atoms with E-state index in [0.717, 1.165) is 0 Å². The second-order valence-electron chi connectivity index (χ2n) is 3.39. The summed E-state index contributed by atoms with van der Waals surface area (Å²) in [6.07, 6.45) is 2.96. The van der Waals surface area contributed by atoms with E-state index in [1.165, 1.54) is 12.2 Å². The summed E-state index contributed by atoms with van der Waals surface area (Å²) in [6.45, 7) is 3.56. The second kappa shape index (κ2) is 7.98. The Hall–Kier alpha value is -0.190. The van der Waals surface area contributed by atoms with Gasteiger partial charge in [-0.15, -0.1) is 0 Å². The maximum absolute atomic E-state index is 10.3. The van der Waals surface area contributed by atoms with E-state index in [9.17, 15) is 9.59 Å². The molecule has 0 aliphatic carbocycles. The Morgan fingerprint density at radius 1 is 0.875 bits per heavy atom. The maximum Gasteiger partial charge on any atom is 0.235 e. The third kappa shape index (κ3) is 4.76. The van der Waals surface area contributed by atoms with Crippen LogP contribution >= 0.6 is 37.9 Å². The van der Waals surface area contributed by atoms with Crippen molar-refractivity contribution >= 4 is 50.0 Å². The molecule has 0 saturated carbocycles. The summed E-state index contributed by atoms with van der Waals surface area (Å²) in [6, 6.07) is -0.943. The van der Waals surface area contributed by atoms with E-state index in [4.69, 9.17) is 0 Å². The number of thiol groups is 3. The van der Waals surface area contributed by atoms with Crippen LogP contribution < -0.4 is 0 Å². The first kappa shape index (κ1) is 15.8. The molecule has 7 heteroatoms. The van der Waals surface area contributed by atoms with Gasteiger partial charge in [-0.25, -0.2) is 19.6 Å². The number of carbonyl (C=O) groups excluding carboxylic acids is 2. The van der Waals surface area contributed by atoms with Crippen LogP contribution in [-0.2, 0) is 9.59 Å². The second-order valence-corrected chi connectivity index (χ2v) is 5.62. The topological polar surface area (TPSA) is 58.9 Å². The van der Waals surface area contributed by atoms with Crippen molar-refractivity contribution in [2.75, 3.05) is 0 Å². The van der Waals surface area contributed by atoms with Crippen LogP contribution in [-0.4, -0.2) is 40.0 Å². The molecule has 0 spiro atoms. The molecule has 0 aromatic heterocycles. The van der Waals surface area contributed by atoms with Crippen LogP contribution in [0.4, 0.5) is 0 Å². The van der Waals surface area contributed by atoms with Crippen LogP contribution in [0.2, 0.25) is 0 Å². The van der Waals surface area contributed by atoms with Gasteiger partial charge in [-0.2, -0.15) is 37.9 Å². The molecule has 4 atom stereocenters. The van der Waals surface area contributed by atoms with Crippen molar-refractivity contribution in [1.82, 2.24) is 0 Å². The molecule has 90 valence electrons. The molecule has 0 fully saturated rings. The van der Waals surface area contributed by atoms with E-state index < -0.39 is 17.3 Å². The highest BCUT2D eigenvalue weighted by atomic mass is 32.1. The molecule has 0 radical (unpaired) electrons. The summed E-state index contributed by atoms with van der Waals surface area (Å²) >= 11 is 12.7. The lowest BCUT2D eigenvalue weighted by Crippen LogP contribution is -2.39. The predicted octanol–water partition coefficient (Wildman–Crippen LogP) is 1.33. The zero-order valence-corrected chi connectivity index (χ0v) is 11.6. The number of rotatable bonds is 6. The monoisotopic (exact) mass is 278 g/mol. The zero-order chi connectivity index (χ0) is 12.7. The summed E-state index contributed by atoms with van der Waals surface area (Å²) in [5, 5.41) is -0.816. The minimum atomic E-state index is -0.471. The van der Waals surface area contributed by atoms with Gasteiger partial charge in [-0.05, 0) is 0 Å². The molecule has 0 N–H and O–H groups in total. The van der Waals surface area contributed by atoms with Gasteiger partial charge in [0.25, 0.3) is 0 Å². The summed E-state index contributed by atoms with van der Waals surface area (Å²) < 4.78 is 0. The molecular formula is C9H14N2O2S3. The SMILES string of the molecule is CC(S)C(N=C=O)C(S)C(N=C=O)C(C)S. The Kier molecular flexibility index (Phi) is 7.89. The number of nitrogens with zero attached hydrogens (tertiary/aromatic N) is 2. The van der Waals surface area contributed by atoms with Gasteiger partial charge in [0, 0.05) is 10.5 Å². The quantitative estimate of drug-likeness (QED) is 0.390. The molecule has 0 saturated heterocycles. The van der Waals surface area contributed by atoms with Crippen molar-refractivity contribution in [1.29, 1.82) is 0 Å². The van der Waals surface area contributed by atoms with E-state index in [-0.39, 0.29) is 10.5 Å². The van der Waals surface area contributed by atoms with Crippen molar-refractivity contribution < 1.29 is 9.59 Å². The molecular weight excluding hydrogens is 264 g/mol. The highest BCUT2D eigenvalue weighted by Gasteiger charge is 2.31. The molecule has 0 bridgehead atoms. The number of aliphatic imine (C=N–C) groups is 2. The molecule has 0 amide bonds. The largest absolute Gasteiger partial charge is 0.235 e. The van der Waals surface area contributed by atoms with Gasteiger partial charge >= 0.3 is 0 Å². The van der Waals surface area contributed by atoms with E-state index >= 15 is 0 Å². The zero-order valence-electron chi connectivity index (χ0n) is 8.94. The molecule has 0 aliphatic rings. The van der Waals surface area contributed by atoms with Crippen molar-refractivity contribution in [2.24, 2.45) is 9.98 Å². The Morgan fingerprint density at radius 3 is 1.38 bits per heavy atom. The average Bonchev–Trinajstić information content (AvgIpc) is 2.20. The predicted molar refractivity (Wildman–Crippen MR) is 73.5 cm³/mol. The van der Waals surface area contributed by atoms with Crippen LogP contribution in [0.5, 0.6) is 0 Å². The van der Waals surface area contributed by atoms with Crippen molar-refractivity contribution in [3.8, 4) is 0 Å². The molecule has 0 aliphatic heterocycles. The van der Waals surface area contributed by atoms with Crippen LogP contribution in [0.15, 0.2) is 9.98 Å². The average molecular weight is 278 g/mol. The van der Waals surface area contributed by atoms with Crippen molar-refractivity contribution in [2.45, 2.75) is 41.7 Å². The normalized spacial score (nSPS) is 19.6. The van der Waals surface area contributed by atoms with E-state index in [2.05, 4.69) is 47.9 Å². The first-order valence-electron chi connectivity index (χ1n) is 4.63. The lowest BCUT2D eigenvalue weighted by Gasteiger charge is -2.27. The smallest absolute Gasteiger partial charge is 0.211 e. The number of hydrogen-bond donors (Lipinski definition) is 3. The molecule has 0 aromatic carbocycles. The summed E-state index contributed by atoms with van der Waals surface area (Å²) in [5.41, 5.74) is 0. The van der Waals surface area contributed by atoms with Crippen LogP contribution in [0.25, 0.3) is 0 Å². The Labute approximate surface area is 111 Å². The minimum absolute atomic E-state index is 0.194. The van der Waals surface area contributed by atoms with Gasteiger partial charge in [0.15, 0.2) is 0 Å². The van der Waals surface area contributed by atoms with Gasteiger partial charge in [0.05, 0.1) is 17.3 Å². The van der Waals surface area contributed by atoms with E-state index in [1.807, 2.05) is 0 Å². The maximum atomic E-state index is 10.3. The van der Waals surface area contributed by atoms with E-state index in [1.54, 1.807) is 13.8 Å². The molecule has 4 nitrogen and oxygen atoms in total. The highest BCUT2D eigenvalue weighted by molar-refractivity contribution is 7.82. The fourth-order valence-electron chi connectivity index (χ4n) is 1.26. The Morgan fingerprint density at radius 2 is 1.19 bits per heavy atom.